The molecule has 1 saturated heterocycles. The molecule has 2 rings (SSSR count). The number of aromatic nitrogens is 2. The zero-order valence-electron chi connectivity index (χ0n) is 10.4. The van der Waals surface area contributed by atoms with Crippen LogP contribution in [0.1, 0.15) is 24.6 Å². The van der Waals surface area contributed by atoms with E-state index < -0.39 is 23.1 Å². The number of aryl methyl sites for hydroxylation is 1. The minimum atomic E-state index is -1.09. The first-order chi connectivity index (χ1) is 9.01. The maximum Gasteiger partial charge on any atom is 0.330 e. The number of aromatic amines is 1. The molecule has 0 radical (unpaired) electrons. The fraction of sp³-hybridized carbons (Fsp3) is 0.545. The van der Waals surface area contributed by atoms with Gasteiger partial charge in [0.2, 0.25) is 0 Å². The number of hydrogen-bond donors (Lipinski definition) is 3. The normalized spacial score (nSPS) is 27.2. The Balaban J connectivity index is 2.33. The second-order valence-electron chi connectivity index (χ2n) is 4.56. The van der Waals surface area contributed by atoms with E-state index in [1.807, 2.05) is 0 Å². The number of nitrogens with zero attached hydrogens (tertiary/aromatic N) is 2. The molecule has 0 bridgehead atoms. The summed E-state index contributed by atoms with van der Waals surface area (Å²) in [7, 11) is 0. The summed E-state index contributed by atoms with van der Waals surface area (Å²) in [4.78, 5) is 25.2. The summed E-state index contributed by atoms with van der Waals surface area (Å²) in [6, 6.07) is 0. The van der Waals surface area contributed by atoms with Crippen LogP contribution in [-0.2, 0) is 4.74 Å². The lowest BCUT2D eigenvalue weighted by atomic mass is 10.0. The highest BCUT2D eigenvalue weighted by molar-refractivity contribution is 5.68. The van der Waals surface area contributed by atoms with Crippen LogP contribution in [0.5, 0.6) is 0 Å². The third kappa shape index (κ3) is 2.45. The van der Waals surface area contributed by atoms with Crippen LogP contribution in [0.15, 0.2) is 20.9 Å². The molecule has 2 atom stereocenters. The summed E-state index contributed by atoms with van der Waals surface area (Å²) in [5.41, 5.74) is -1.72. The Bertz CT molecular complexity index is 605. The van der Waals surface area contributed by atoms with E-state index >= 15 is 0 Å². The zero-order chi connectivity index (χ0) is 14.0. The number of hydrogen-bond acceptors (Lipinski definition) is 6. The van der Waals surface area contributed by atoms with Crippen LogP contribution in [0.2, 0.25) is 0 Å². The van der Waals surface area contributed by atoms with Gasteiger partial charge < -0.3 is 15.1 Å². The van der Waals surface area contributed by atoms with Crippen molar-refractivity contribution in [1.82, 2.24) is 9.55 Å². The minimum Gasteiger partial charge on any atom is -0.411 e. The van der Waals surface area contributed by atoms with E-state index in [1.165, 1.54) is 10.8 Å². The van der Waals surface area contributed by atoms with Gasteiger partial charge in [0.15, 0.2) is 0 Å². The van der Waals surface area contributed by atoms with E-state index in [1.54, 1.807) is 6.92 Å². The van der Waals surface area contributed by atoms with E-state index in [0.717, 1.165) is 6.21 Å². The second kappa shape index (κ2) is 4.98. The number of nitrogens with one attached hydrogen (secondary N) is 1. The van der Waals surface area contributed by atoms with Crippen LogP contribution in [0, 0.1) is 6.92 Å². The molecule has 1 fully saturated rings. The monoisotopic (exact) mass is 269 g/mol. The summed E-state index contributed by atoms with van der Waals surface area (Å²) in [6.45, 7) is 1.23. The van der Waals surface area contributed by atoms with Crippen LogP contribution >= 0.6 is 0 Å². The Labute approximate surface area is 108 Å². The van der Waals surface area contributed by atoms with Crippen molar-refractivity contribution in [3.8, 4) is 0 Å². The molecule has 104 valence electrons. The summed E-state index contributed by atoms with van der Waals surface area (Å²) >= 11 is 0. The van der Waals surface area contributed by atoms with E-state index in [4.69, 9.17) is 9.94 Å². The van der Waals surface area contributed by atoms with E-state index in [2.05, 4.69) is 10.1 Å². The van der Waals surface area contributed by atoms with Crippen LogP contribution in [0.25, 0.3) is 0 Å². The number of oxime groups is 1. The largest absolute Gasteiger partial charge is 0.411 e. The Hall–Kier alpha value is -1.93. The van der Waals surface area contributed by atoms with Gasteiger partial charge in [0.1, 0.15) is 11.8 Å². The molecule has 0 spiro atoms. The first kappa shape index (κ1) is 13.5. The molecule has 1 aliphatic heterocycles. The van der Waals surface area contributed by atoms with Crippen molar-refractivity contribution >= 4 is 6.21 Å². The quantitative estimate of drug-likeness (QED) is 0.383. The molecule has 3 N–H and O–H groups in total. The number of H-pyrrole nitrogens is 1. The van der Waals surface area contributed by atoms with Gasteiger partial charge in [0, 0.05) is 11.8 Å². The molecule has 0 aliphatic carbocycles. The van der Waals surface area contributed by atoms with E-state index in [0.29, 0.717) is 18.4 Å². The van der Waals surface area contributed by atoms with Gasteiger partial charge >= 0.3 is 5.69 Å². The summed E-state index contributed by atoms with van der Waals surface area (Å²) < 4.78 is 6.85. The van der Waals surface area contributed by atoms with Crippen LogP contribution < -0.4 is 11.2 Å². The Kier molecular flexibility index (Phi) is 3.54. The fourth-order valence-corrected chi connectivity index (χ4v) is 2.11. The predicted molar refractivity (Wildman–Crippen MR) is 65.5 cm³/mol. The van der Waals surface area contributed by atoms with Gasteiger partial charge in [-0.15, -0.1) is 0 Å². The maximum absolute atomic E-state index is 11.7. The van der Waals surface area contributed by atoms with Gasteiger partial charge in [-0.05, 0) is 19.8 Å². The zero-order valence-corrected chi connectivity index (χ0v) is 10.4. The molecular formula is C11H15N3O5. The van der Waals surface area contributed by atoms with Crippen molar-refractivity contribution in [2.75, 3.05) is 6.61 Å². The van der Waals surface area contributed by atoms with Crippen molar-refractivity contribution in [2.45, 2.75) is 31.6 Å². The molecule has 19 heavy (non-hydrogen) atoms. The molecule has 0 saturated carbocycles. The molecule has 1 aliphatic rings. The number of ether oxygens (including phenoxy) is 1. The highest BCUT2D eigenvalue weighted by Gasteiger charge is 2.40. The Morgan fingerprint density at radius 3 is 3.05 bits per heavy atom. The molecule has 1 aromatic rings. The maximum atomic E-state index is 11.7. The molecule has 2 heterocycles. The van der Waals surface area contributed by atoms with Gasteiger partial charge in [-0.1, -0.05) is 5.16 Å². The van der Waals surface area contributed by atoms with E-state index in [9.17, 15) is 14.7 Å². The van der Waals surface area contributed by atoms with Gasteiger partial charge in [-0.2, -0.15) is 0 Å². The third-order valence-corrected chi connectivity index (χ3v) is 3.20. The lowest BCUT2D eigenvalue weighted by molar-refractivity contribution is -0.0572. The third-order valence-electron chi connectivity index (χ3n) is 3.20. The smallest absolute Gasteiger partial charge is 0.330 e. The lowest BCUT2D eigenvalue weighted by Gasteiger charge is -2.22. The van der Waals surface area contributed by atoms with Crippen molar-refractivity contribution in [3.63, 3.8) is 0 Å². The number of aliphatic hydroxyl groups excluding tert-OH is 1. The highest BCUT2D eigenvalue weighted by Crippen LogP contribution is 2.34. The van der Waals surface area contributed by atoms with Crippen molar-refractivity contribution in [2.24, 2.45) is 5.16 Å². The summed E-state index contributed by atoms with van der Waals surface area (Å²) in [5, 5.41) is 20.8. The number of aliphatic hydroxyl groups is 1. The van der Waals surface area contributed by atoms with Gasteiger partial charge in [0.25, 0.3) is 5.56 Å². The average Bonchev–Trinajstić information content (AvgIpc) is 2.79. The SMILES string of the molecule is Cc1cn([C@H]2CC[C@@](/C=N/O)(CO)O2)c(=O)[nH]c1=O. The molecule has 0 amide bonds. The van der Waals surface area contributed by atoms with Gasteiger partial charge in [0.05, 0.1) is 12.8 Å². The summed E-state index contributed by atoms with van der Waals surface area (Å²) in [6.07, 6.45) is 2.76. The second-order valence-corrected chi connectivity index (χ2v) is 4.56. The molecule has 0 aromatic carbocycles. The van der Waals surface area contributed by atoms with Crippen molar-refractivity contribution in [1.29, 1.82) is 0 Å². The summed E-state index contributed by atoms with van der Waals surface area (Å²) in [5.74, 6) is 0. The van der Waals surface area contributed by atoms with Crippen LogP contribution in [0.4, 0.5) is 0 Å². The predicted octanol–water partition coefficient (Wildman–Crippen LogP) is -0.655. The first-order valence-corrected chi connectivity index (χ1v) is 5.81. The molecule has 0 unspecified atom stereocenters. The van der Waals surface area contributed by atoms with Gasteiger partial charge in [-0.3, -0.25) is 14.3 Å². The van der Waals surface area contributed by atoms with Crippen molar-refractivity contribution in [3.05, 3.63) is 32.6 Å². The molecular weight excluding hydrogens is 254 g/mol. The Morgan fingerprint density at radius 2 is 2.42 bits per heavy atom. The minimum absolute atomic E-state index is 0.357. The molecule has 8 heteroatoms. The Morgan fingerprint density at radius 1 is 1.68 bits per heavy atom. The topological polar surface area (TPSA) is 117 Å². The molecule has 1 aromatic heterocycles. The molecule has 8 nitrogen and oxygen atoms in total. The standard InChI is InChI=1S/C11H15N3O5/c1-7-4-14(10(17)13-9(7)16)8-2-3-11(6-15,19-8)5-12-18/h4-5,8,15,18H,2-3,6H2,1H3,(H,13,16,17)/b12-5+/t8-,11-/m1/s1. The van der Waals surface area contributed by atoms with E-state index in [-0.39, 0.29) is 6.61 Å². The van der Waals surface area contributed by atoms with Crippen LogP contribution in [0.3, 0.4) is 0 Å². The van der Waals surface area contributed by atoms with Crippen molar-refractivity contribution < 1.29 is 15.1 Å². The number of rotatable bonds is 3. The first-order valence-electron chi connectivity index (χ1n) is 5.81. The fourth-order valence-electron chi connectivity index (χ4n) is 2.11. The lowest BCUT2D eigenvalue weighted by Crippen LogP contribution is -2.38. The highest BCUT2D eigenvalue weighted by atomic mass is 16.5. The average molecular weight is 269 g/mol. The van der Waals surface area contributed by atoms with Gasteiger partial charge in [-0.25, -0.2) is 4.79 Å². The van der Waals surface area contributed by atoms with Crippen LogP contribution in [-0.4, -0.2) is 38.3 Å².